The highest BCUT2D eigenvalue weighted by atomic mass is 16.5. The lowest BCUT2D eigenvalue weighted by molar-refractivity contribution is -0.129. The van der Waals surface area contributed by atoms with Crippen molar-refractivity contribution in [2.24, 2.45) is 0 Å². The molecule has 3 rings (SSSR count). The van der Waals surface area contributed by atoms with Gasteiger partial charge >= 0.3 is 0 Å². The first-order valence-corrected chi connectivity index (χ1v) is 9.60. The molecule has 1 heterocycles. The topological polar surface area (TPSA) is 41.6 Å². The number of nitrogens with one attached hydrogen (secondary N) is 1. The van der Waals surface area contributed by atoms with E-state index in [1.165, 1.54) is 18.4 Å². The number of amides is 1. The van der Waals surface area contributed by atoms with E-state index in [1.807, 2.05) is 47.4 Å². The Labute approximate surface area is 156 Å². The maximum absolute atomic E-state index is 12.4. The highest BCUT2D eigenvalue weighted by Crippen LogP contribution is 2.18. The molecule has 1 amide bonds. The largest absolute Gasteiger partial charge is 0.493 e. The van der Waals surface area contributed by atoms with Crippen LogP contribution in [0.3, 0.4) is 0 Å². The first-order valence-electron chi connectivity index (χ1n) is 9.60. The van der Waals surface area contributed by atoms with E-state index < -0.39 is 0 Å². The molecule has 0 saturated carbocycles. The van der Waals surface area contributed by atoms with E-state index in [1.54, 1.807) is 0 Å². The van der Waals surface area contributed by atoms with Gasteiger partial charge in [-0.05, 0) is 30.5 Å². The minimum atomic E-state index is 0.183. The van der Waals surface area contributed by atoms with Crippen molar-refractivity contribution >= 4 is 11.6 Å². The summed E-state index contributed by atoms with van der Waals surface area (Å²) in [4.78, 5) is 14.4. The molecule has 2 aromatic rings. The number of carbonyl (C=O) groups is 1. The Balaban J connectivity index is 1.45. The highest BCUT2D eigenvalue weighted by molar-refractivity contribution is 5.81. The van der Waals surface area contributed by atoms with Gasteiger partial charge in [0.15, 0.2) is 0 Å². The molecule has 0 aromatic heterocycles. The van der Waals surface area contributed by atoms with E-state index in [9.17, 15) is 4.79 Å². The summed E-state index contributed by atoms with van der Waals surface area (Å²) in [6.07, 6.45) is 5.60. The van der Waals surface area contributed by atoms with Gasteiger partial charge in [0.25, 0.3) is 0 Å². The number of benzene rings is 2. The van der Waals surface area contributed by atoms with Crippen molar-refractivity contribution in [3.05, 3.63) is 60.2 Å². The molecule has 0 bridgehead atoms. The van der Waals surface area contributed by atoms with E-state index in [4.69, 9.17) is 4.74 Å². The van der Waals surface area contributed by atoms with Gasteiger partial charge in [-0.3, -0.25) is 4.79 Å². The molecule has 1 aliphatic rings. The molecule has 0 atom stereocenters. The van der Waals surface area contributed by atoms with Gasteiger partial charge in [-0.2, -0.15) is 0 Å². The molecule has 1 saturated heterocycles. The van der Waals surface area contributed by atoms with Gasteiger partial charge in [0.2, 0.25) is 5.91 Å². The zero-order valence-electron chi connectivity index (χ0n) is 15.3. The Bertz CT molecular complexity index is 680. The van der Waals surface area contributed by atoms with Gasteiger partial charge in [0, 0.05) is 31.3 Å². The normalized spacial score (nSPS) is 14.5. The zero-order valence-corrected chi connectivity index (χ0v) is 15.3. The summed E-state index contributed by atoms with van der Waals surface area (Å²) >= 11 is 0. The first kappa shape index (κ1) is 18.3. The molecule has 138 valence electrons. The molecule has 1 N–H and O–H groups in total. The highest BCUT2D eigenvalue weighted by Gasteiger charge is 2.14. The van der Waals surface area contributed by atoms with Crippen LogP contribution in [0.25, 0.3) is 0 Å². The molecule has 26 heavy (non-hydrogen) atoms. The summed E-state index contributed by atoms with van der Waals surface area (Å²) in [6, 6.07) is 18.2. The van der Waals surface area contributed by atoms with Gasteiger partial charge in [0.05, 0.1) is 13.2 Å². The third-order valence-electron chi connectivity index (χ3n) is 4.74. The standard InChI is InChI=1S/C22H28N2O2/c25-22(24-14-6-1-2-7-15-24)18-23-20-11-8-12-21(17-20)26-16-13-19-9-4-3-5-10-19/h3-5,8-12,17,23H,1-2,6-7,13-16,18H2. The Morgan fingerprint density at radius 2 is 1.73 bits per heavy atom. The fourth-order valence-electron chi connectivity index (χ4n) is 3.24. The second-order valence-corrected chi connectivity index (χ2v) is 6.76. The van der Waals surface area contributed by atoms with Crippen LogP contribution < -0.4 is 10.1 Å². The van der Waals surface area contributed by atoms with E-state index in [0.717, 1.165) is 43.8 Å². The summed E-state index contributed by atoms with van der Waals surface area (Å²) in [5.41, 5.74) is 2.19. The van der Waals surface area contributed by atoms with Crippen molar-refractivity contribution in [3.63, 3.8) is 0 Å². The van der Waals surface area contributed by atoms with Gasteiger partial charge in [-0.1, -0.05) is 49.2 Å². The SMILES string of the molecule is O=C(CNc1cccc(OCCc2ccccc2)c1)N1CCCCCC1. The lowest BCUT2D eigenvalue weighted by Crippen LogP contribution is -2.36. The van der Waals surface area contributed by atoms with Crippen molar-refractivity contribution in [3.8, 4) is 5.75 Å². The summed E-state index contributed by atoms with van der Waals surface area (Å²) < 4.78 is 5.85. The van der Waals surface area contributed by atoms with Crippen LogP contribution in [-0.2, 0) is 11.2 Å². The minimum Gasteiger partial charge on any atom is -0.493 e. The van der Waals surface area contributed by atoms with E-state index in [0.29, 0.717) is 13.2 Å². The third kappa shape index (κ3) is 5.80. The number of rotatable bonds is 7. The van der Waals surface area contributed by atoms with E-state index in [2.05, 4.69) is 17.4 Å². The van der Waals surface area contributed by atoms with Crippen LogP contribution >= 0.6 is 0 Å². The predicted octanol–water partition coefficient (Wildman–Crippen LogP) is 4.12. The molecule has 0 aliphatic carbocycles. The minimum absolute atomic E-state index is 0.183. The van der Waals surface area contributed by atoms with Crippen LogP contribution in [0.4, 0.5) is 5.69 Å². The van der Waals surface area contributed by atoms with Gasteiger partial charge < -0.3 is 15.0 Å². The third-order valence-corrected chi connectivity index (χ3v) is 4.74. The molecule has 1 aliphatic heterocycles. The molecule has 0 radical (unpaired) electrons. The number of hydrogen-bond acceptors (Lipinski definition) is 3. The van der Waals surface area contributed by atoms with Crippen LogP contribution in [0.1, 0.15) is 31.2 Å². The van der Waals surface area contributed by atoms with Crippen molar-refractivity contribution in [1.82, 2.24) is 4.90 Å². The second kappa shape index (κ2) is 9.85. The van der Waals surface area contributed by atoms with Crippen LogP contribution in [0.5, 0.6) is 5.75 Å². The maximum atomic E-state index is 12.4. The molecule has 0 spiro atoms. The fraction of sp³-hybridized carbons (Fsp3) is 0.409. The smallest absolute Gasteiger partial charge is 0.241 e. The van der Waals surface area contributed by atoms with Gasteiger partial charge in [-0.25, -0.2) is 0 Å². The van der Waals surface area contributed by atoms with Crippen LogP contribution in [0.2, 0.25) is 0 Å². The zero-order chi connectivity index (χ0) is 18.0. The van der Waals surface area contributed by atoms with Gasteiger partial charge in [0.1, 0.15) is 5.75 Å². The van der Waals surface area contributed by atoms with Crippen molar-refractivity contribution in [1.29, 1.82) is 0 Å². The maximum Gasteiger partial charge on any atom is 0.241 e. The number of nitrogens with zero attached hydrogens (tertiary/aromatic N) is 1. The van der Waals surface area contributed by atoms with Gasteiger partial charge in [-0.15, -0.1) is 0 Å². The lowest BCUT2D eigenvalue weighted by Gasteiger charge is -2.20. The summed E-state index contributed by atoms with van der Waals surface area (Å²) in [5, 5.41) is 3.24. The number of hydrogen-bond donors (Lipinski definition) is 1. The first-order chi connectivity index (χ1) is 12.8. The van der Waals surface area contributed by atoms with Crippen LogP contribution in [-0.4, -0.2) is 37.0 Å². The molecule has 4 heteroatoms. The Kier molecular flexibility index (Phi) is 6.94. The monoisotopic (exact) mass is 352 g/mol. The van der Waals surface area contributed by atoms with Crippen LogP contribution in [0, 0.1) is 0 Å². The van der Waals surface area contributed by atoms with Crippen LogP contribution in [0.15, 0.2) is 54.6 Å². The average Bonchev–Trinajstić information content (AvgIpc) is 2.97. The second-order valence-electron chi connectivity index (χ2n) is 6.76. The Morgan fingerprint density at radius 1 is 0.962 bits per heavy atom. The predicted molar refractivity (Wildman–Crippen MR) is 106 cm³/mol. The number of likely N-dealkylation sites (tertiary alicyclic amines) is 1. The number of carbonyl (C=O) groups excluding carboxylic acids is 1. The summed E-state index contributed by atoms with van der Waals surface area (Å²) in [6.45, 7) is 2.76. The molecule has 4 nitrogen and oxygen atoms in total. The van der Waals surface area contributed by atoms with E-state index in [-0.39, 0.29) is 5.91 Å². The average molecular weight is 352 g/mol. The molecule has 0 unspecified atom stereocenters. The lowest BCUT2D eigenvalue weighted by atomic mass is 10.2. The Morgan fingerprint density at radius 3 is 2.50 bits per heavy atom. The fourth-order valence-corrected chi connectivity index (χ4v) is 3.24. The molecule has 2 aromatic carbocycles. The molecule has 1 fully saturated rings. The van der Waals surface area contributed by atoms with Crippen molar-refractivity contribution in [2.45, 2.75) is 32.1 Å². The number of ether oxygens (including phenoxy) is 1. The van der Waals surface area contributed by atoms with E-state index >= 15 is 0 Å². The summed E-state index contributed by atoms with van der Waals surface area (Å²) in [7, 11) is 0. The quantitative estimate of drug-likeness (QED) is 0.815. The number of anilines is 1. The summed E-state index contributed by atoms with van der Waals surface area (Å²) in [5.74, 6) is 1.01. The molecular weight excluding hydrogens is 324 g/mol. The van der Waals surface area contributed by atoms with Crippen molar-refractivity contribution < 1.29 is 9.53 Å². The van der Waals surface area contributed by atoms with Crippen molar-refractivity contribution in [2.75, 3.05) is 31.6 Å². The Hall–Kier alpha value is -2.49. The molecular formula is C22H28N2O2.